The number of carbonyl (C=O) groups is 1. The minimum Gasteiger partial charge on any atom is -0.440 e. The first kappa shape index (κ1) is 18.0. The highest BCUT2D eigenvalue weighted by Crippen LogP contribution is 2.33. The van der Waals surface area contributed by atoms with Crippen LogP contribution in [-0.4, -0.2) is 39.8 Å². The minimum absolute atomic E-state index is 0.00392. The molecule has 0 radical (unpaired) electrons. The van der Waals surface area contributed by atoms with Crippen LogP contribution in [-0.2, 0) is 14.6 Å². The SMILES string of the molecule is CC(C)(C)C1OCCCC1CNC(=O)c1ccc(S(C)(=O)=O)o1. The fourth-order valence-corrected chi connectivity index (χ4v) is 3.52. The average molecular weight is 343 g/mol. The highest BCUT2D eigenvalue weighted by Gasteiger charge is 2.35. The van der Waals surface area contributed by atoms with Gasteiger partial charge in [0.25, 0.3) is 5.91 Å². The van der Waals surface area contributed by atoms with Crippen LogP contribution in [0.4, 0.5) is 0 Å². The van der Waals surface area contributed by atoms with E-state index in [1.807, 2.05) is 0 Å². The molecule has 1 aliphatic heterocycles. The Bertz CT molecular complexity index is 656. The second-order valence-corrected chi connectivity index (χ2v) is 9.11. The van der Waals surface area contributed by atoms with E-state index < -0.39 is 15.7 Å². The Balaban J connectivity index is 1.99. The van der Waals surface area contributed by atoms with Gasteiger partial charge in [0, 0.05) is 25.3 Å². The van der Waals surface area contributed by atoms with Crippen molar-refractivity contribution in [1.29, 1.82) is 0 Å². The molecule has 130 valence electrons. The van der Waals surface area contributed by atoms with Crippen molar-refractivity contribution >= 4 is 15.7 Å². The highest BCUT2D eigenvalue weighted by atomic mass is 32.2. The molecule has 0 bridgehead atoms. The molecular weight excluding hydrogens is 318 g/mol. The third-order valence-corrected chi connectivity index (χ3v) is 4.94. The Morgan fingerprint density at radius 3 is 2.61 bits per heavy atom. The maximum atomic E-state index is 12.1. The van der Waals surface area contributed by atoms with Crippen molar-refractivity contribution in [2.45, 2.75) is 44.8 Å². The van der Waals surface area contributed by atoms with Crippen molar-refractivity contribution in [1.82, 2.24) is 5.32 Å². The first-order chi connectivity index (χ1) is 10.6. The van der Waals surface area contributed by atoms with E-state index in [2.05, 4.69) is 26.1 Å². The van der Waals surface area contributed by atoms with Crippen LogP contribution in [0.5, 0.6) is 0 Å². The van der Waals surface area contributed by atoms with Gasteiger partial charge in [-0.15, -0.1) is 0 Å². The van der Waals surface area contributed by atoms with Crippen LogP contribution in [0.3, 0.4) is 0 Å². The molecule has 1 saturated heterocycles. The zero-order valence-electron chi connectivity index (χ0n) is 14.1. The summed E-state index contributed by atoms with van der Waals surface area (Å²) < 4.78 is 33.8. The molecule has 1 aromatic rings. The number of furan rings is 1. The maximum Gasteiger partial charge on any atom is 0.287 e. The monoisotopic (exact) mass is 343 g/mol. The maximum absolute atomic E-state index is 12.1. The summed E-state index contributed by atoms with van der Waals surface area (Å²) in [5.74, 6) is -0.162. The van der Waals surface area contributed by atoms with Gasteiger partial charge in [-0.05, 0) is 30.4 Å². The number of carbonyl (C=O) groups excluding carboxylic acids is 1. The van der Waals surface area contributed by atoms with Gasteiger partial charge in [-0.25, -0.2) is 8.42 Å². The lowest BCUT2D eigenvalue weighted by Crippen LogP contribution is -2.45. The molecule has 2 rings (SSSR count). The van der Waals surface area contributed by atoms with Gasteiger partial charge in [0.2, 0.25) is 14.9 Å². The molecule has 1 aromatic heterocycles. The lowest BCUT2D eigenvalue weighted by atomic mass is 9.78. The van der Waals surface area contributed by atoms with Crippen molar-refractivity contribution in [2.75, 3.05) is 19.4 Å². The number of nitrogens with one attached hydrogen (secondary N) is 1. The minimum atomic E-state index is -3.45. The Morgan fingerprint density at radius 1 is 1.35 bits per heavy atom. The van der Waals surface area contributed by atoms with Gasteiger partial charge in [-0.3, -0.25) is 4.79 Å². The third kappa shape index (κ3) is 4.57. The largest absolute Gasteiger partial charge is 0.440 e. The summed E-state index contributed by atoms with van der Waals surface area (Å²) in [7, 11) is -3.45. The number of hydrogen-bond donors (Lipinski definition) is 1. The van der Waals surface area contributed by atoms with Gasteiger partial charge in [-0.2, -0.15) is 0 Å². The summed E-state index contributed by atoms with van der Waals surface area (Å²) in [6.45, 7) is 7.62. The lowest BCUT2D eigenvalue weighted by molar-refractivity contribution is -0.0839. The Hall–Kier alpha value is -1.34. The number of hydrogen-bond acceptors (Lipinski definition) is 5. The molecule has 1 amide bonds. The highest BCUT2D eigenvalue weighted by molar-refractivity contribution is 7.90. The second-order valence-electron chi connectivity index (χ2n) is 7.16. The molecule has 2 unspecified atom stereocenters. The number of ether oxygens (including phenoxy) is 1. The van der Waals surface area contributed by atoms with Gasteiger partial charge in [0.05, 0.1) is 6.10 Å². The molecule has 1 aliphatic rings. The van der Waals surface area contributed by atoms with Crippen LogP contribution in [0, 0.1) is 11.3 Å². The topological polar surface area (TPSA) is 85.6 Å². The summed E-state index contributed by atoms with van der Waals surface area (Å²) in [5, 5.41) is 2.63. The van der Waals surface area contributed by atoms with Crippen molar-refractivity contribution in [3.05, 3.63) is 17.9 Å². The van der Waals surface area contributed by atoms with E-state index in [4.69, 9.17) is 9.15 Å². The Morgan fingerprint density at radius 2 is 2.04 bits per heavy atom. The first-order valence-electron chi connectivity index (χ1n) is 7.79. The molecule has 23 heavy (non-hydrogen) atoms. The van der Waals surface area contributed by atoms with E-state index in [0.717, 1.165) is 25.7 Å². The normalized spacial score (nSPS) is 22.8. The van der Waals surface area contributed by atoms with E-state index >= 15 is 0 Å². The van der Waals surface area contributed by atoms with E-state index in [1.54, 1.807) is 0 Å². The number of rotatable bonds is 4. The van der Waals surface area contributed by atoms with Gasteiger partial charge in [-0.1, -0.05) is 20.8 Å². The molecule has 7 heteroatoms. The van der Waals surface area contributed by atoms with E-state index in [1.165, 1.54) is 12.1 Å². The molecule has 0 aromatic carbocycles. The summed E-state index contributed by atoms with van der Waals surface area (Å²) in [6.07, 6.45) is 3.10. The molecule has 1 fully saturated rings. The third-order valence-electron chi connectivity index (χ3n) is 3.99. The van der Waals surface area contributed by atoms with Crippen molar-refractivity contribution in [3.63, 3.8) is 0 Å². The number of amides is 1. The zero-order chi connectivity index (χ0) is 17.3. The molecule has 0 spiro atoms. The molecule has 0 aliphatic carbocycles. The predicted molar refractivity (Wildman–Crippen MR) is 86.1 cm³/mol. The fourth-order valence-electron chi connectivity index (χ4n) is 2.96. The van der Waals surface area contributed by atoms with E-state index in [0.29, 0.717) is 6.54 Å². The summed E-state index contributed by atoms with van der Waals surface area (Å²) in [6, 6.07) is 2.68. The van der Waals surface area contributed by atoms with E-state index in [9.17, 15) is 13.2 Å². The second kappa shape index (κ2) is 6.65. The molecular formula is C16H25NO5S. The van der Waals surface area contributed by atoms with Crippen LogP contribution in [0.2, 0.25) is 0 Å². The van der Waals surface area contributed by atoms with Crippen LogP contribution < -0.4 is 5.32 Å². The van der Waals surface area contributed by atoms with Gasteiger partial charge in [0.15, 0.2) is 5.76 Å². The molecule has 0 saturated carbocycles. The Labute approximate surface area is 137 Å². The zero-order valence-corrected chi connectivity index (χ0v) is 14.9. The molecule has 6 nitrogen and oxygen atoms in total. The fraction of sp³-hybridized carbons (Fsp3) is 0.688. The predicted octanol–water partition coefficient (Wildman–Crippen LogP) is 2.25. The summed E-state index contributed by atoms with van der Waals surface area (Å²) >= 11 is 0. The molecule has 2 heterocycles. The molecule has 2 atom stereocenters. The average Bonchev–Trinajstić information content (AvgIpc) is 2.94. The van der Waals surface area contributed by atoms with Crippen molar-refractivity contribution in [3.8, 4) is 0 Å². The van der Waals surface area contributed by atoms with E-state index in [-0.39, 0.29) is 28.3 Å². The summed E-state index contributed by atoms with van der Waals surface area (Å²) in [4.78, 5) is 12.1. The van der Waals surface area contributed by atoms with Crippen LogP contribution in [0.1, 0.15) is 44.2 Å². The molecule has 1 N–H and O–H groups in total. The smallest absolute Gasteiger partial charge is 0.287 e. The van der Waals surface area contributed by atoms with Crippen molar-refractivity contribution in [2.24, 2.45) is 11.3 Å². The standard InChI is InChI=1S/C16H25NO5S/c1-16(2,3)14-11(6-5-9-21-14)10-17-15(18)12-7-8-13(22-12)23(4,19)20/h7-8,11,14H,5-6,9-10H2,1-4H3,(H,17,18). The van der Waals surface area contributed by atoms with Gasteiger partial charge < -0.3 is 14.5 Å². The first-order valence-corrected chi connectivity index (χ1v) is 9.68. The van der Waals surface area contributed by atoms with Crippen LogP contribution in [0.25, 0.3) is 0 Å². The van der Waals surface area contributed by atoms with Gasteiger partial charge in [0.1, 0.15) is 0 Å². The van der Waals surface area contributed by atoms with Crippen LogP contribution >= 0.6 is 0 Å². The van der Waals surface area contributed by atoms with Crippen molar-refractivity contribution < 1.29 is 22.4 Å². The number of sulfone groups is 1. The van der Waals surface area contributed by atoms with Gasteiger partial charge >= 0.3 is 0 Å². The quantitative estimate of drug-likeness (QED) is 0.906. The lowest BCUT2D eigenvalue weighted by Gasteiger charge is -2.40. The Kier molecular flexibility index (Phi) is 5.20. The van der Waals surface area contributed by atoms with Crippen LogP contribution in [0.15, 0.2) is 21.6 Å². The summed E-state index contributed by atoms with van der Waals surface area (Å²) in [5.41, 5.74) is 0.00392.